The summed E-state index contributed by atoms with van der Waals surface area (Å²) >= 11 is 0. The molecular formula is C11H21N3O3. The number of carbonyl (C=O) groups excluding carboxylic acids is 2. The van der Waals surface area contributed by atoms with E-state index < -0.39 is 11.4 Å². The number of nitrogens with one attached hydrogen (secondary N) is 2. The van der Waals surface area contributed by atoms with Gasteiger partial charge >= 0.3 is 0 Å². The van der Waals surface area contributed by atoms with Crippen LogP contribution in [0, 0.1) is 0 Å². The zero-order valence-electron chi connectivity index (χ0n) is 10.3. The van der Waals surface area contributed by atoms with Crippen molar-refractivity contribution in [2.24, 2.45) is 5.73 Å². The molecule has 2 amide bonds. The SMILES string of the molecule is CC1(C(=O)NCCOCC(N)=O)CCCCN1. The molecule has 0 aromatic carbocycles. The first kappa shape index (κ1) is 13.9. The molecule has 98 valence electrons. The van der Waals surface area contributed by atoms with Gasteiger partial charge in [-0.25, -0.2) is 0 Å². The van der Waals surface area contributed by atoms with Crippen molar-refractivity contribution in [2.75, 3.05) is 26.3 Å². The van der Waals surface area contributed by atoms with Gasteiger partial charge in [0.2, 0.25) is 11.8 Å². The number of amides is 2. The van der Waals surface area contributed by atoms with Gasteiger partial charge in [0, 0.05) is 6.54 Å². The molecule has 0 saturated carbocycles. The minimum atomic E-state index is -0.503. The zero-order chi connectivity index (χ0) is 12.7. The standard InChI is InChI=1S/C11H21N3O3/c1-11(4-2-3-5-14-11)10(16)13-6-7-17-8-9(12)15/h14H,2-8H2,1H3,(H2,12,15)(H,13,16). The Morgan fingerprint density at radius 2 is 2.24 bits per heavy atom. The van der Waals surface area contributed by atoms with Crippen molar-refractivity contribution in [1.82, 2.24) is 10.6 Å². The molecule has 0 radical (unpaired) electrons. The molecule has 1 aliphatic rings. The largest absolute Gasteiger partial charge is 0.370 e. The van der Waals surface area contributed by atoms with Gasteiger partial charge in [-0.3, -0.25) is 9.59 Å². The third kappa shape index (κ3) is 4.70. The van der Waals surface area contributed by atoms with Crippen molar-refractivity contribution < 1.29 is 14.3 Å². The quantitative estimate of drug-likeness (QED) is 0.529. The molecule has 0 aromatic heterocycles. The first-order chi connectivity index (χ1) is 8.04. The second kappa shape index (κ2) is 6.56. The molecule has 1 heterocycles. The fraction of sp³-hybridized carbons (Fsp3) is 0.818. The van der Waals surface area contributed by atoms with Crippen LogP contribution in [0.2, 0.25) is 0 Å². The molecule has 0 aliphatic carbocycles. The highest BCUT2D eigenvalue weighted by Crippen LogP contribution is 2.18. The molecule has 4 N–H and O–H groups in total. The summed E-state index contributed by atoms with van der Waals surface area (Å²) in [5.41, 5.74) is 4.44. The minimum absolute atomic E-state index is 0.0140. The van der Waals surface area contributed by atoms with Crippen LogP contribution in [-0.2, 0) is 14.3 Å². The molecule has 0 aromatic rings. The number of primary amides is 1. The second-order valence-electron chi connectivity index (χ2n) is 4.49. The first-order valence-corrected chi connectivity index (χ1v) is 5.94. The molecule has 1 rings (SSSR count). The van der Waals surface area contributed by atoms with Crippen LogP contribution in [0.3, 0.4) is 0 Å². The second-order valence-corrected chi connectivity index (χ2v) is 4.49. The van der Waals surface area contributed by atoms with Gasteiger partial charge in [0.25, 0.3) is 0 Å². The zero-order valence-corrected chi connectivity index (χ0v) is 10.3. The van der Waals surface area contributed by atoms with Gasteiger partial charge in [-0.15, -0.1) is 0 Å². The summed E-state index contributed by atoms with van der Waals surface area (Å²) in [7, 11) is 0. The van der Waals surface area contributed by atoms with E-state index in [2.05, 4.69) is 10.6 Å². The Bertz CT molecular complexity index is 275. The van der Waals surface area contributed by atoms with E-state index in [9.17, 15) is 9.59 Å². The lowest BCUT2D eigenvalue weighted by molar-refractivity contribution is -0.128. The normalized spacial score (nSPS) is 24.3. The Morgan fingerprint density at radius 1 is 1.47 bits per heavy atom. The average Bonchev–Trinajstić information content (AvgIpc) is 2.29. The van der Waals surface area contributed by atoms with Crippen molar-refractivity contribution >= 4 is 11.8 Å². The van der Waals surface area contributed by atoms with Gasteiger partial charge in [-0.05, 0) is 32.7 Å². The van der Waals surface area contributed by atoms with Crippen molar-refractivity contribution in [2.45, 2.75) is 31.7 Å². The summed E-state index contributed by atoms with van der Waals surface area (Å²) in [6.07, 6.45) is 3.03. The molecule has 1 atom stereocenters. The van der Waals surface area contributed by atoms with Crippen LogP contribution in [0.25, 0.3) is 0 Å². The smallest absolute Gasteiger partial charge is 0.243 e. The predicted molar refractivity (Wildman–Crippen MR) is 63.3 cm³/mol. The number of hydrogen-bond acceptors (Lipinski definition) is 4. The van der Waals surface area contributed by atoms with Crippen LogP contribution < -0.4 is 16.4 Å². The maximum atomic E-state index is 11.9. The fourth-order valence-electron chi connectivity index (χ4n) is 1.85. The molecule has 0 bridgehead atoms. The predicted octanol–water partition coefficient (Wildman–Crippen LogP) is -0.863. The Hall–Kier alpha value is -1.14. The van der Waals surface area contributed by atoms with E-state index >= 15 is 0 Å². The average molecular weight is 243 g/mol. The van der Waals surface area contributed by atoms with Crippen LogP contribution in [0.4, 0.5) is 0 Å². The van der Waals surface area contributed by atoms with Gasteiger partial charge < -0.3 is 21.1 Å². The van der Waals surface area contributed by atoms with Crippen LogP contribution in [0.15, 0.2) is 0 Å². The molecule has 1 fully saturated rings. The summed E-state index contributed by atoms with van der Waals surface area (Å²) in [5, 5.41) is 6.02. The Balaban J connectivity index is 2.17. The molecule has 6 heteroatoms. The third-order valence-corrected chi connectivity index (χ3v) is 2.90. The van der Waals surface area contributed by atoms with Gasteiger partial charge in [-0.1, -0.05) is 0 Å². The lowest BCUT2D eigenvalue weighted by atomic mass is 9.90. The van der Waals surface area contributed by atoms with E-state index in [4.69, 9.17) is 10.5 Å². The van der Waals surface area contributed by atoms with Crippen LogP contribution in [-0.4, -0.2) is 43.7 Å². The number of nitrogens with two attached hydrogens (primary N) is 1. The van der Waals surface area contributed by atoms with E-state index in [1.54, 1.807) is 0 Å². The van der Waals surface area contributed by atoms with Gasteiger partial charge in [0.05, 0.1) is 12.1 Å². The summed E-state index contributed by atoms with van der Waals surface area (Å²) in [4.78, 5) is 22.3. The number of ether oxygens (including phenoxy) is 1. The number of rotatable bonds is 6. The Morgan fingerprint density at radius 3 is 2.82 bits per heavy atom. The molecule has 6 nitrogen and oxygen atoms in total. The van der Waals surface area contributed by atoms with E-state index in [1.165, 1.54) is 0 Å². The maximum absolute atomic E-state index is 11.9. The molecule has 1 saturated heterocycles. The lowest BCUT2D eigenvalue weighted by Gasteiger charge is -2.33. The summed E-state index contributed by atoms with van der Waals surface area (Å²) in [6.45, 7) is 3.37. The molecular weight excluding hydrogens is 222 g/mol. The fourth-order valence-corrected chi connectivity index (χ4v) is 1.85. The van der Waals surface area contributed by atoms with Crippen molar-refractivity contribution in [1.29, 1.82) is 0 Å². The van der Waals surface area contributed by atoms with Crippen molar-refractivity contribution in [3.8, 4) is 0 Å². The molecule has 1 aliphatic heterocycles. The molecule has 0 spiro atoms. The Labute approximate surface area is 101 Å². The summed E-state index contributed by atoms with van der Waals surface area (Å²) < 4.78 is 4.96. The maximum Gasteiger partial charge on any atom is 0.243 e. The summed E-state index contributed by atoms with van der Waals surface area (Å²) in [5.74, 6) is -0.517. The molecule has 17 heavy (non-hydrogen) atoms. The number of carbonyl (C=O) groups is 2. The highest BCUT2D eigenvalue weighted by molar-refractivity contribution is 5.85. The number of hydrogen-bond donors (Lipinski definition) is 3. The van der Waals surface area contributed by atoms with Crippen molar-refractivity contribution in [3.63, 3.8) is 0 Å². The van der Waals surface area contributed by atoms with Gasteiger partial charge in [0.1, 0.15) is 6.61 Å². The minimum Gasteiger partial charge on any atom is -0.370 e. The van der Waals surface area contributed by atoms with Gasteiger partial charge in [0.15, 0.2) is 0 Å². The van der Waals surface area contributed by atoms with Crippen LogP contribution >= 0.6 is 0 Å². The third-order valence-electron chi connectivity index (χ3n) is 2.90. The topological polar surface area (TPSA) is 93.4 Å². The summed E-state index contributed by atoms with van der Waals surface area (Å²) in [6, 6.07) is 0. The van der Waals surface area contributed by atoms with Crippen molar-refractivity contribution in [3.05, 3.63) is 0 Å². The lowest BCUT2D eigenvalue weighted by Crippen LogP contribution is -2.57. The van der Waals surface area contributed by atoms with E-state index in [1.807, 2.05) is 6.92 Å². The molecule has 1 unspecified atom stereocenters. The van der Waals surface area contributed by atoms with E-state index in [0.29, 0.717) is 13.2 Å². The Kier molecular flexibility index (Phi) is 5.37. The monoisotopic (exact) mass is 243 g/mol. The van der Waals surface area contributed by atoms with Gasteiger partial charge in [-0.2, -0.15) is 0 Å². The van der Waals surface area contributed by atoms with E-state index in [0.717, 1.165) is 25.8 Å². The van der Waals surface area contributed by atoms with E-state index in [-0.39, 0.29) is 12.5 Å². The number of piperidine rings is 1. The highest BCUT2D eigenvalue weighted by atomic mass is 16.5. The first-order valence-electron chi connectivity index (χ1n) is 5.94. The van der Waals surface area contributed by atoms with Crippen LogP contribution in [0.5, 0.6) is 0 Å². The van der Waals surface area contributed by atoms with Crippen LogP contribution in [0.1, 0.15) is 26.2 Å². The highest BCUT2D eigenvalue weighted by Gasteiger charge is 2.33.